The Morgan fingerprint density at radius 3 is 2.72 bits per heavy atom. The molecule has 0 radical (unpaired) electrons. The lowest BCUT2D eigenvalue weighted by Crippen LogP contribution is -2.32. The first kappa shape index (κ1) is 13.8. The molecule has 1 aliphatic rings. The molecule has 0 atom stereocenters. The molecule has 1 aromatic rings. The van der Waals surface area contributed by atoms with E-state index in [0.29, 0.717) is 0 Å². The van der Waals surface area contributed by atoms with Crippen molar-refractivity contribution in [2.45, 2.75) is 46.6 Å². The fourth-order valence-corrected chi connectivity index (χ4v) is 3.38. The summed E-state index contributed by atoms with van der Waals surface area (Å²) in [5, 5.41) is 4.61. The van der Waals surface area contributed by atoms with Crippen molar-refractivity contribution >= 4 is 16.5 Å². The van der Waals surface area contributed by atoms with Crippen LogP contribution in [-0.2, 0) is 6.54 Å². The van der Waals surface area contributed by atoms with Gasteiger partial charge in [-0.25, -0.2) is 4.98 Å². The summed E-state index contributed by atoms with van der Waals surface area (Å²) in [4.78, 5) is 8.59. The average molecular weight is 267 g/mol. The van der Waals surface area contributed by atoms with E-state index in [-0.39, 0.29) is 0 Å². The highest BCUT2D eigenvalue weighted by atomic mass is 32.1. The van der Waals surface area contributed by atoms with Crippen LogP contribution in [0.1, 0.15) is 43.7 Å². The Bertz CT molecular complexity index is 371. The van der Waals surface area contributed by atoms with Crippen LogP contribution in [0.5, 0.6) is 0 Å². The van der Waals surface area contributed by atoms with E-state index in [1.54, 1.807) is 0 Å². The van der Waals surface area contributed by atoms with Crippen LogP contribution >= 0.6 is 11.3 Å². The molecule has 0 aromatic carbocycles. The van der Waals surface area contributed by atoms with Crippen molar-refractivity contribution in [3.8, 4) is 0 Å². The van der Waals surface area contributed by atoms with Gasteiger partial charge in [0.25, 0.3) is 0 Å². The largest absolute Gasteiger partial charge is 0.348 e. The van der Waals surface area contributed by atoms with Gasteiger partial charge in [-0.05, 0) is 39.2 Å². The summed E-state index contributed by atoms with van der Waals surface area (Å²) in [6.45, 7) is 10.8. The summed E-state index contributed by atoms with van der Waals surface area (Å²) in [6.07, 6.45) is 4.24. The number of nitrogens with one attached hydrogen (secondary N) is 1. The maximum absolute atomic E-state index is 4.75. The Hall–Kier alpha value is -0.610. The van der Waals surface area contributed by atoms with Gasteiger partial charge in [-0.3, -0.25) is 0 Å². The molecule has 1 aromatic heterocycles. The molecule has 0 aliphatic heterocycles. The molecular weight excluding hydrogens is 242 g/mol. The van der Waals surface area contributed by atoms with Gasteiger partial charge in [0.15, 0.2) is 5.13 Å². The van der Waals surface area contributed by atoms with Gasteiger partial charge in [0.05, 0.1) is 5.69 Å². The Labute approximate surface area is 115 Å². The minimum Gasteiger partial charge on any atom is -0.348 e. The quantitative estimate of drug-likeness (QED) is 0.822. The highest BCUT2D eigenvalue weighted by Crippen LogP contribution is 2.31. The monoisotopic (exact) mass is 267 g/mol. The third-order valence-corrected chi connectivity index (χ3v) is 4.99. The zero-order chi connectivity index (χ0) is 13.0. The first-order valence-corrected chi connectivity index (χ1v) is 7.98. The van der Waals surface area contributed by atoms with Crippen molar-refractivity contribution in [3.63, 3.8) is 0 Å². The maximum atomic E-state index is 4.75. The second kappa shape index (κ2) is 6.53. The molecule has 1 fully saturated rings. The number of rotatable bonds is 7. The standard InChI is InChI=1S/C14H25N3S/c1-4-15-9-13-11(3)16-14(18-13)17(5-2)10-12-7-6-8-12/h12,15H,4-10H2,1-3H3. The lowest BCUT2D eigenvalue weighted by Gasteiger charge is -2.31. The number of anilines is 1. The van der Waals surface area contributed by atoms with Crippen LogP contribution in [0.4, 0.5) is 5.13 Å². The van der Waals surface area contributed by atoms with Crippen LogP contribution in [0.25, 0.3) is 0 Å². The Morgan fingerprint density at radius 2 is 2.17 bits per heavy atom. The van der Waals surface area contributed by atoms with Crippen LogP contribution in [0.2, 0.25) is 0 Å². The van der Waals surface area contributed by atoms with Crippen molar-refractivity contribution in [1.29, 1.82) is 0 Å². The highest BCUT2D eigenvalue weighted by Gasteiger charge is 2.22. The van der Waals surface area contributed by atoms with Crippen LogP contribution in [0.3, 0.4) is 0 Å². The molecule has 1 aliphatic carbocycles. The van der Waals surface area contributed by atoms with Gasteiger partial charge < -0.3 is 10.2 Å². The highest BCUT2D eigenvalue weighted by molar-refractivity contribution is 7.15. The summed E-state index contributed by atoms with van der Waals surface area (Å²) < 4.78 is 0. The third-order valence-electron chi connectivity index (χ3n) is 3.77. The average Bonchev–Trinajstić information content (AvgIpc) is 2.67. The summed E-state index contributed by atoms with van der Waals surface area (Å²) in [5.74, 6) is 0.909. The van der Waals surface area contributed by atoms with Crippen LogP contribution < -0.4 is 10.2 Å². The normalized spacial score (nSPS) is 15.7. The smallest absolute Gasteiger partial charge is 0.185 e. The van der Waals surface area contributed by atoms with Gasteiger partial charge in [0.1, 0.15) is 0 Å². The summed E-state index contributed by atoms with van der Waals surface area (Å²) >= 11 is 1.86. The molecule has 1 heterocycles. The lowest BCUT2D eigenvalue weighted by atomic mass is 9.85. The molecule has 1 saturated carbocycles. The fraction of sp³-hybridized carbons (Fsp3) is 0.786. The molecule has 18 heavy (non-hydrogen) atoms. The maximum Gasteiger partial charge on any atom is 0.185 e. The van der Waals surface area contributed by atoms with Crippen LogP contribution in [0.15, 0.2) is 0 Å². The second-order valence-electron chi connectivity index (χ2n) is 5.12. The van der Waals surface area contributed by atoms with E-state index in [9.17, 15) is 0 Å². The molecule has 3 nitrogen and oxygen atoms in total. The predicted molar refractivity (Wildman–Crippen MR) is 79.5 cm³/mol. The number of aromatic nitrogens is 1. The SMILES string of the molecule is CCNCc1sc(N(CC)CC2CCC2)nc1C. The molecule has 4 heteroatoms. The van der Waals surface area contributed by atoms with Gasteiger partial charge in [-0.1, -0.05) is 13.3 Å². The molecule has 0 unspecified atom stereocenters. The topological polar surface area (TPSA) is 28.2 Å². The van der Waals surface area contributed by atoms with Crippen molar-refractivity contribution in [2.75, 3.05) is 24.5 Å². The zero-order valence-electron chi connectivity index (χ0n) is 11.8. The van der Waals surface area contributed by atoms with E-state index in [2.05, 4.69) is 31.0 Å². The van der Waals surface area contributed by atoms with Gasteiger partial charge in [-0.2, -0.15) is 0 Å². The van der Waals surface area contributed by atoms with Gasteiger partial charge in [0.2, 0.25) is 0 Å². The van der Waals surface area contributed by atoms with E-state index in [1.165, 1.54) is 41.5 Å². The molecule has 1 N–H and O–H groups in total. The minimum absolute atomic E-state index is 0.909. The predicted octanol–water partition coefficient (Wildman–Crippen LogP) is 3.19. The molecule has 0 saturated heterocycles. The lowest BCUT2D eigenvalue weighted by molar-refractivity contribution is 0.318. The van der Waals surface area contributed by atoms with Gasteiger partial charge in [0, 0.05) is 24.5 Å². The minimum atomic E-state index is 0.909. The first-order chi connectivity index (χ1) is 8.74. The number of aryl methyl sites for hydroxylation is 1. The van der Waals surface area contributed by atoms with Crippen LogP contribution in [0, 0.1) is 12.8 Å². The first-order valence-electron chi connectivity index (χ1n) is 7.16. The number of nitrogens with zero attached hydrogens (tertiary/aromatic N) is 2. The number of hydrogen-bond donors (Lipinski definition) is 1. The van der Waals surface area contributed by atoms with Crippen molar-refractivity contribution in [2.24, 2.45) is 5.92 Å². The zero-order valence-corrected chi connectivity index (χ0v) is 12.6. The van der Waals surface area contributed by atoms with Gasteiger partial charge in [-0.15, -0.1) is 11.3 Å². The molecule has 0 bridgehead atoms. The molecule has 102 valence electrons. The van der Waals surface area contributed by atoms with E-state index in [0.717, 1.165) is 25.6 Å². The van der Waals surface area contributed by atoms with Crippen molar-refractivity contribution in [1.82, 2.24) is 10.3 Å². The molecule has 2 rings (SSSR count). The van der Waals surface area contributed by atoms with Crippen LogP contribution in [-0.4, -0.2) is 24.6 Å². The van der Waals surface area contributed by atoms with Crippen molar-refractivity contribution < 1.29 is 0 Å². The van der Waals surface area contributed by atoms with Crippen molar-refractivity contribution in [3.05, 3.63) is 10.6 Å². The fourth-order valence-electron chi connectivity index (χ4n) is 2.28. The summed E-state index contributed by atoms with van der Waals surface area (Å²) in [7, 11) is 0. The van der Waals surface area contributed by atoms with E-state index in [1.807, 2.05) is 11.3 Å². The summed E-state index contributed by atoms with van der Waals surface area (Å²) in [6, 6.07) is 0. The molecule has 0 amide bonds. The van der Waals surface area contributed by atoms with E-state index >= 15 is 0 Å². The molecular formula is C14H25N3S. The Balaban J connectivity index is 2.00. The number of thiazole rings is 1. The Kier molecular flexibility index (Phi) is 5.01. The third kappa shape index (κ3) is 3.23. The molecule has 0 spiro atoms. The van der Waals surface area contributed by atoms with E-state index in [4.69, 9.17) is 4.98 Å². The Morgan fingerprint density at radius 1 is 1.39 bits per heavy atom. The summed E-state index contributed by atoms with van der Waals surface area (Å²) in [5.41, 5.74) is 1.20. The second-order valence-corrected chi connectivity index (χ2v) is 6.18. The number of hydrogen-bond acceptors (Lipinski definition) is 4. The van der Waals surface area contributed by atoms with Gasteiger partial charge >= 0.3 is 0 Å². The van der Waals surface area contributed by atoms with E-state index < -0.39 is 0 Å².